The predicted octanol–water partition coefficient (Wildman–Crippen LogP) is 2.05. The van der Waals surface area contributed by atoms with Crippen molar-refractivity contribution in [3.05, 3.63) is 29.3 Å². The highest BCUT2D eigenvalue weighted by molar-refractivity contribution is 5.45. The Morgan fingerprint density at radius 3 is 2.65 bits per heavy atom. The van der Waals surface area contributed by atoms with Gasteiger partial charge < -0.3 is 9.84 Å². The fraction of sp³-hybridized carbons (Fsp3) is 0.562. The van der Waals surface area contributed by atoms with Gasteiger partial charge in [0.05, 0.1) is 18.8 Å². The first-order valence-corrected chi connectivity index (χ1v) is 7.22. The van der Waals surface area contributed by atoms with Crippen molar-refractivity contribution in [2.24, 2.45) is 0 Å². The zero-order chi connectivity index (χ0) is 14.1. The number of benzene rings is 1. The molecule has 2 fully saturated rings. The van der Waals surface area contributed by atoms with Crippen molar-refractivity contribution in [3.8, 4) is 11.8 Å². The Labute approximate surface area is 119 Å². The minimum absolute atomic E-state index is 0.130. The second kappa shape index (κ2) is 5.43. The molecular weight excluding hydrogens is 252 g/mol. The maximum atomic E-state index is 9.84. The standard InChI is InChI=1S/C16H20N2O2/c1-20-16-5-2-11(6-12(16)9-17)10-18-13-3-4-14(18)8-15(19)7-13/h2,5-6,13-15,19H,3-4,7-8,10H2,1H3. The van der Waals surface area contributed by atoms with Gasteiger partial charge in [0.15, 0.2) is 0 Å². The normalized spacial score (nSPS) is 29.1. The highest BCUT2D eigenvalue weighted by Crippen LogP contribution is 2.37. The fourth-order valence-corrected chi connectivity index (χ4v) is 3.66. The number of piperidine rings is 1. The molecule has 0 saturated carbocycles. The molecule has 0 amide bonds. The van der Waals surface area contributed by atoms with Crippen molar-refractivity contribution in [3.63, 3.8) is 0 Å². The van der Waals surface area contributed by atoms with Crippen LogP contribution in [-0.4, -0.2) is 35.3 Å². The molecule has 0 aliphatic carbocycles. The Hall–Kier alpha value is -1.57. The third-order valence-electron chi connectivity index (χ3n) is 4.61. The molecule has 1 aromatic rings. The average molecular weight is 272 g/mol. The molecule has 3 rings (SSSR count). The number of aliphatic hydroxyl groups is 1. The molecule has 2 aliphatic rings. The number of nitrogens with zero attached hydrogens (tertiary/aromatic N) is 2. The predicted molar refractivity (Wildman–Crippen MR) is 75.3 cm³/mol. The molecule has 20 heavy (non-hydrogen) atoms. The van der Waals surface area contributed by atoms with Crippen LogP contribution in [0.4, 0.5) is 0 Å². The van der Waals surface area contributed by atoms with Gasteiger partial charge in [-0.2, -0.15) is 5.26 Å². The van der Waals surface area contributed by atoms with Crippen LogP contribution in [0, 0.1) is 11.3 Å². The molecule has 1 aromatic carbocycles. The Balaban J connectivity index is 1.77. The van der Waals surface area contributed by atoms with Crippen molar-refractivity contribution in [2.75, 3.05) is 7.11 Å². The molecule has 106 valence electrons. The maximum Gasteiger partial charge on any atom is 0.136 e. The zero-order valence-electron chi connectivity index (χ0n) is 11.7. The molecule has 2 atom stereocenters. The average Bonchev–Trinajstić information content (AvgIpc) is 2.70. The lowest BCUT2D eigenvalue weighted by atomic mass is 9.98. The summed E-state index contributed by atoms with van der Waals surface area (Å²) < 4.78 is 5.18. The fourth-order valence-electron chi connectivity index (χ4n) is 3.66. The van der Waals surface area contributed by atoms with Crippen LogP contribution in [0.5, 0.6) is 5.75 Å². The van der Waals surface area contributed by atoms with Crippen LogP contribution < -0.4 is 4.74 Å². The van der Waals surface area contributed by atoms with Crippen LogP contribution in [0.15, 0.2) is 18.2 Å². The molecule has 1 N–H and O–H groups in total. The van der Waals surface area contributed by atoms with Crippen molar-refractivity contribution in [1.29, 1.82) is 5.26 Å². The summed E-state index contributed by atoms with van der Waals surface area (Å²) in [6.45, 7) is 0.862. The molecule has 2 heterocycles. The van der Waals surface area contributed by atoms with Gasteiger partial charge >= 0.3 is 0 Å². The summed E-state index contributed by atoms with van der Waals surface area (Å²) in [5.74, 6) is 0.633. The first-order chi connectivity index (χ1) is 9.71. The van der Waals surface area contributed by atoms with Crippen LogP contribution in [-0.2, 0) is 6.54 Å². The number of hydrogen-bond donors (Lipinski definition) is 1. The summed E-state index contributed by atoms with van der Waals surface area (Å²) in [5, 5.41) is 19.0. The summed E-state index contributed by atoms with van der Waals surface area (Å²) in [6, 6.07) is 9.00. The van der Waals surface area contributed by atoms with E-state index in [0.29, 0.717) is 23.4 Å². The summed E-state index contributed by atoms with van der Waals surface area (Å²) >= 11 is 0. The van der Waals surface area contributed by atoms with Crippen LogP contribution in [0.25, 0.3) is 0 Å². The lowest BCUT2D eigenvalue weighted by Gasteiger charge is -2.37. The van der Waals surface area contributed by atoms with E-state index in [1.54, 1.807) is 7.11 Å². The van der Waals surface area contributed by atoms with Gasteiger partial charge in [0.25, 0.3) is 0 Å². The SMILES string of the molecule is COc1ccc(CN2C3CCC2CC(O)C3)cc1C#N. The second-order valence-corrected chi connectivity index (χ2v) is 5.83. The van der Waals surface area contributed by atoms with E-state index in [0.717, 1.165) is 24.9 Å². The molecule has 4 nitrogen and oxygen atoms in total. The number of methoxy groups -OCH3 is 1. The summed E-state index contributed by atoms with van der Waals surface area (Å²) in [6.07, 6.45) is 4.01. The lowest BCUT2D eigenvalue weighted by molar-refractivity contribution is 0.0310. The van der Waals surface area contributed by atoms with Crippen molar-refractivity contribution < 1.29 is 9.84 Å². The Kier molecular flexibility index (Phi) is 3.64. The van der Waals surface area contributed by atoms with E-state index in [4.69, 9.17) is 10.00 Å². The molecular formula is C16H20N2O2. The molecule has 0 aromatic heterocycles. The quantitative estimate of drug-likeness (QED) is 0.915. The molecule has 2 unspecified atom stereocenters. The third-order valence-corrected chi connectivity index (χ3v) is 4.61. The van der Waals surface area contributed by atoms with E-state index in [-0.39, 0.29) is 6.10 Å². The number of hydrogen-bond acceptors (Lipinski definition) is 4. The van der Waals surface area contributed by atoms with Crippen LogP contribution in [0.1, 0.15) is 36.8 Å². The van der Waals surface area contributed by atoms with E-state index < -0.39 is 0 Å². The monoisotopic (exact) mass is 272 g/mol. The van der Waals surface area contributed by atoms with E-state index in [1.807, 2.05) is 18.2 Å². The van der Waals surface area contributed by atoms with E-state index in [9.17, 15) is 5.11 Å². The Bertz CT molecular complexity index is 524. The first-order valence-electron chi connectivity index (χ1n) is 7.22. The zero-order valence-corrected chi connectivity index (χ0v) is 11.7. The Morgan fingerprint density at radius 1 is 1.35 bits per heavy atom. The first kappa shape index (κ1) is 13.4. The van der Waals surface area contributed by atoms with Gasteiger partial charge in [-0.1, -0.05) is 6.07 Å². The highest BCUT2D eigenvalue weighted by Gasteiger charge is 2.39. The number of rotatable bonds is 3. The number of ether oxygens (including phenoxy) is 1. The molecule has 0 spiro atoms. The lowest BCUT2D eigenvalue weighted by Crippen LogP contribution is -2.44. The van der Waals surface area contributed by atoms with Crippen molar-refractivity contribution in [1.82, 2.24) is 4.90 Å². The van der Waals surface area contributed by atoms with Gasteiger partial charge in [-0.15, -0.1) is 0 Å². The minimum Gasteiger partial charge on any atom is -0.495 e. The summed E-state index contributed by atoms with van der Waals surface area (Å²) in [7, 11) is 1.59. The van der Waals surface area contributed by atoms with Crippen molar-refractivity contribution >= 4 is 0 Å². The molecule has 2 aliphatic heterocycles. The molecule has 4 heteroatoms. The third kappa shape index (κ3) is 2.39. The molecule has 0 radical (unpaired) electrons. The minimum atomic E-state index is -0.130. The summed E-state index contributed by atoms with van der Waals surface area (Å²) in [4.78, 5) is 2.50. The smallest absolute Gasteiger partial charge is 0.136 e. The topological polar surface area (TPSA) is 56.5 Å². The van der Waals surface area contributed by atoms with E-state index in [1.165, 1.54) is 12.8 Å². The number of nitriles is 1. The largest absolute Gasteiger partial charge is 0.495 e. The van der Waals surface area contributed by atoms with Crippen LogP contribution in [0.3, 0.4) is 0 Å². The van der Waals surface area contributed by atoms with Gasteiger partial charge in [0, 0.05) is 18.6 Å². The van der Waals surface area contributed by atoms with Crippen LogP contribution >= 0.6 is 0 Å². The summed E-state index contributed by atoms with van der Waals surface area (Å²) in [5.41, 5.74) is 1.74. The highest BCUT2D eigenvalue weighted by atomic mass is 16.5. The molecule has 2 bridgehead atoms. The number of aliphatic hydroxyl groups excluding tert-OH is 1. The maximum absolute atomic E-state index is 9.84. The van der Waals surface area contributed by atoms with Crippen molar-refractivity contribution in [2.45, 2.75) is 50.4 Å². The van der Waals surface area contributed by atoms with Gasteiger partial charge in [-0.05, 0) is 43.4 Å². The van der Waals surface area contributed by atoms with Crippen LogP contribution in [0.2, 0.25) is 0 Å². The van der Waals surface area contributed by atoms with Gasteiger partial charge in [-0.25, -0.2) is 0 Å². The second-order valence-electron chi connectivity index (χ2n) is 5.83. The Morgan fingerprint density at radius 2 is 2.05 bits per heavy atom. The van der Waals surface area contributed by atoms with Gasteiger partial charge in [0.2, 0.25) is 0 Å². The van der Waals surface area contributed by atoms with E-state index >= 15 is 0 Å². The number of fused-ring (bicyclic) bond motifs is 2. The van der Waals surface area contributed by atoms with Gasteiger partial charge in [-0.3, -0.25) is 4.90 Å². The van der Waals surface area contributed by atoms with Gasteiger partial charge in [0.1, 0.15) is 11.8 Å². The molecule has 2 saturated heterocycles. The van der Waals surface area contributed by atoms with E-state index in [2.05, 4.69) is 11.0 Å².